The summed E-state index contributed by atoms with van der Waals surface area (Å²) in [5.41, 5.74) is 1.49. The summed E-state index contributed by atoms with van der Waals surface area (Å²) in [5.74, 6) is -0.396. The molecule has 156 valence electrons. The van der Waals surface area contributed by atoms with Crippen LogP contribution in [0.25, 0.3) is 10.6 Å². The lowest BCUT2D eigenvalue weighted by Gasteiger charge is -2.37. The second kappa shape index (κ2) is 11.1. The highest BCUT2D eigenvalue weighted by atomic mass is 35.5. The molecule has 0 aliphatic carbocycles. The zero-order valence-electron chi connectivity index (χ0n) is 15.9. The molecule has 0 saturated carbocycles. The quantitative estimate of drug-likeness (QED) is 0.702. The fourth-order valence-corrected chi connectivity index (χ4v) is 4.29. The molecule has 2 N–H and O–H groups in total. The van der Waals surface area contributed by atoms with Crippen molar-refractivity contribution in [2.75, 3.05) is 33.4 Å². The highest BCUT2D eigenvalue weighted by Crippen LogP contribution is 2.30. The van der Waals surface area contributed by atoms with Gasteiger partial charge in [0.25, 0.3) is 5.91 Å². The summed E-state index contributed by atoms with van der Waals surface area (Å²) in [6.07, 6.45) is 1.95. The van der Waals surface area contributed by atoms with Crippen LogP contribution in [0.3, 0.4) is 0 Å². The monoisotopic (exact) mass is 449 g/mol. The maximum atomic E-state index is 13.1. The normalized spacial score (nSPS) is 15.2. The Morgan fingerprint density at radius 1 is 1.29 bits per heavy atom. The van der Waals surface area contributed by atoms with Gasteiger partial charge >= 0.3 is 0 Å². The first-order valence-electron chi connectivity index (χ1n) is 8.74. The number of nitrogens with zero attached hydrogens (tertiary/aromatic N) is 1. The summed E-state index contributed by atoms with van der Waals surface area (Å²) in [4.78, 5) is 17.8. The number of carbonyl (C=O) groups is 1. The summed E-state index contributed by atoms with van der Waals surface area (Å²) < 4.78 is 18.5. The van der Waals surface area contributed by atoms with Gasteiger partial charge in [0, 0.05) is 24.6 Å². The van der Waals surface area contributed by atoms with Crippen LogP contribution in [0.15, 0.2) is 24.3 Å². The van der Waals surface area contributed by atoms with Crippen molar-refractivity contribution in [2.45, 2.75) is 19.8 Å². The molecule has 1 aromatic heterocycles. The summed E-state index contributed by atoms with van der Waals surface area (Å²) in [7, 11) is 1.70. The number of carbonyl (C=O) groups excluding carboxylic acids is 1. The Bertz CT molecular complexity index is 760. The van der Waals surface area contributed by atoms with Crippen LogP contribution in [0.4, 0.5) is 4.39 Å². The maximum absolute atomic E-state index is 13.1. The Hall–Kier alpha value is -1.25. The van der Waals surface area contributed by atoms with Gasteiger partial charge in [0.15, 0.2) is 0 Å². The molecule has 2 aromatic rings. The number of methoxy groups -OCH3 is 1. The molecule has 9 heteroatoms. The second-order valence-corrected chi connectivity index (χ2v) is 7.81. The Morgan fingerprint density at radius 2 is 1.93 bits per heavy atom. The van der Waals surface area contributed by atoms with Crippen molar-refractivity contribution in [3.05, 3.63) is 40.7 Å². The lowest BCUT2D eigenvalue weighted by Crippen LogP contribution is -2.47. The lowest BCUT2D eigenvalue weighted by atomic mass is 9.79. The standard InChI is InChI=1S/C19H24FN3O2S.2ClH/c1-13-16(26-18(23-13)14-3-5-15(20)6-4-14)17(24)22-11-19(12-25-2)7-9-21-10-8-19;;/h3-6,21H,7-12H2,1-2H3,(H,22,24);2*1H. The molecule has 1 saturated heterocycles. The number of piperidine rings is 1. The SMILES string of the molecule is COCC1(CNC(=O)c2sc(-c3ccc(F)cc3)nc2C)CCNCC1.Cl.Cl. The number of amides is 1. The molecular weight excluding hydrogens is 424 g/mol. The second-order valence-electron chi connectivity index (χ2n) is 6.81. The first-order valence-corrected chi connectivity index (χ1v) is 9.56. The molecule has 1 aromatic carbocycles. The molecule has 1 aliphatic rings. The highest BCUT2D eigenvalue weighted by Gasteiger charge is 2.33. The third-order valence-corrected chi connectivity index (χ3v) is 6.04. The third-order valence-electron chi connectivity index (χ3n) is 4.83. The number of ether oxygens (including phenoxy) is 1. The molecule has 0 radical (unpaired) electrons. The van der Waals surface area contributed by atoms with Gasteiger partial charge in [-0.1, -0.05) is 0 Å². The largest absolute Gasteiger partial charge is 0.384 e. The van der Waals surface area contributed by atoms with E-state index in [-0.39, 0.29) is 42.0 Å². The van der Waals surface area contributed by atoms with Gasteiger partial charge in [-0.2, -0.15) is 0 Å². The van der Waals surface area contributed by atoms with E-state index in [4.69, 9.17) is 4.74 Å². The van der Waals surface area contributed by atoms with Gasteiger partial charge in [-0.25, -0.2) is 9.37 Å². The zero-order valence-corrected chi connectivity index (χ0v) is 18.4. The van der Waals surface area contributed by atoms with Crippen molar-refractivity contribution in [3.63, 3.8) is 0 Å². The van der Waals surface area contributed by atoms with Crippen LogP contribution in [0, 0.1) is 18.2 Å². The van der Waals surface area contributed by atoms with Gasteiger partial charge in [-0.3, -0.25) is 4.79 Å². The highest BCUT2D eigenvalue weighted by molar-refractivity contribution is 7.17. The van der Waals surface area contributed by atoms with E-state index in [9.17, 15) is 9.18 Å². The van der Waals surface area contributed by atoms with Crippen LogP contribution in [0.5, 0.6) is 0 Å². The smallest absolute Gasteiger partial charge is 0.263 e. The Balaban J connectivity index is 0.00000196. The molecule has 0 atom stereocenters. The molecule has 1 amide bonds. The molecule has 2 heterocycles. The van der Waals surface area contributed by atoms with Gasteiger partial charge in [0.1, 0.15) is 15.7 Å². The van der Waals surface area contributed by atoms with E-state index in [0.29, 0.717) is 23.7 Å². The molecule has 3 rings (SSSR count). The molecule has 1 aliphatic heterocycles. The molecular formula is C19H26Cl2FN3O2S. The van der Waals surface area contributed by atoms with E-state index in [1.165, 1.54) is 23.5 Å². The van der Waals surface area contributed by atoms with Gasteiger partial charge in [-0.15, -0.1) is 36.2 Å². The van der Waals surface area contributed by atoms with Crippen molar-refractivity contribution in [1.29, 1.82) is 0 Å². The van der Waals surface area contributed by atoms with Crippen LogP contribution >= 0.6 is 36.2 Å². The zero-order chi connectivity index (χ0) is 18.6. The van der Waals surface area contributed by atoms with E-state index in [1.807, 2.05) is 6.92 Å². The van der Waals surface area contributed by atoms with Crippen LogP contribution in [-0.4, -0.2) is 44.2 Å². The average molecular weight is 450 g/mol. The lowest BCUT2D eigenvalue weighted by molar-refractivity contribution is 0.0512. The van der Waals surface area contributed by atoms with E-state index in [0.717, 1.165) is 36.5 Å². The number of hydrogen-bond donors (Lipinski definition) is 2. The summed E-state index contributed by atoms with van der Waals surface area (Å²) in [6, 6.07) is 6.16. The minimum atomic E-state index is -0.287. The third kappa shape index (κ3) is 5.87. The number of benzene rings is 1. The topological polar surface area (TPSA) is 63.2 Å². The van der Waals surface area contributed by atoms with Crippen molar-refractivity contribution < 1.29 is 13.9 Å². The van der Waals surface area contributed by atoms with Gasteiger partial charge in [0.2, 0.25) is 0 Å². The first kappa shape index (κ1) is 24.8. The molecule has 0 unspecified atom stereocenters. The van der Waals surface area contributed by atoms with Crippen LogP contribution < -0.4 is 10.6 Å². The number of rotatable bonds is 6. The Labute approximate surface area is 181 Å². The minimum Gasteiger partial charge on any atom is -0.384 e. The fourth-order valence-electron chi connectivity index (χ4n) is 3.31. The van der Waals surface area contributed by atoms with Crippen LogP contribution in [-0.2, 0) is 4.74 Å². The molecule has 28 heavy (non-hydrogen) atoms. The molecule has 5 nitrogen and oxygen atoms in total. The van der Waals surface area contributed by atoms with Crippen molar-refractivity contribution >= 4 is 42.1 Å². The summed E-state index contributed by atoms with van der Waals surface area (Å²) in [5, 5.41) is 7.14. The maximum Gasteiger partial charge on any atom is 0.263 e. The van der Waals surface area contributed by atoms with Gasteiger partial charge in [-0.05, 0) is 57.1 Å². The predicted octanol–water partition coefficient (Wildman–Crippen LogP) is 3.85. The van der Waals surface area contributed by atoms with Gasteiger partial charge in [0.05, 0.1) is 12.3 Å². The van der Waals surface area contributed by atoms with E-state index in [2.05, 4.69) is 15.6 Å². The fraction of sp³-hybridized carbons (Fsp3) is 0.474. The van der Waals surface area contributed by atoms with Crippen molar-refractivity contribution in [1.82, 2.24) is 15.6 Å². The molecule has 1 fully saturated rings. The number of hydrogen-bond acceptors (Lipinski definition) is 5. The van der Waals surface area contributed by atoms with E-state index < -0.39 is 0 Å². The summed E-state index contributed by atoms with van der Waals surface area (Å²) in [6.45, 7) is 4.93. The van der Waals surface area contributed by atoms with E-state index in [1.54, 1.807) is 19.2 Å². The number of nitrogens with one attached hydrogen (secondary N) is 2. The first-order chi connectivity index (χ1) is 12.5. The Kier molecular flexibility index (Phi) is 9.80. The molecule has 0 bridgehead atoms. The number of aryl methyl sites for hydroxylation is 1. The minimum absolute atomic E-state index is 0. The number of thiazole rings is 1. The van der Waals surface area contributed by atoms with Crippen LogP contribution in [0.1, 0.15) is 28.2 Å². The van der Waals surface area contributed by atoms with Gasteiger partial charge < -0.3 is 15.4 Å². The number of halogens is 3. The van der Waals surface area contributed by atoms with Crippen molar-refractivity contribution in [3.8, 4) is 10.6 Å². The Morgan fingerprint density at radius 3 is 2.54 bits per heavy atom. The van der Waals surface area contributed by atoms with Crippen LogP contribution in [0.2, 0.25) is 0 Å². The predicted molar refractivity (Wildman–Crippen MR) is 115 cm³/mol. The number of aromatic nitrogens is 1. The average Bonchev–Trinajstić information content (AvgIpc) is 3.03. The van der Waals surface area contributed by atoms with E-state index >= 15 is 0 Å². The summed E-state index contributed by atoms with van der Waals surface area (Å²) >= 11 is 1.34. The molecule has 0 spiro atoms. The van der Waals surface area contributed by atoms with Crippen molar-refractivity contribution in [2.24, 2.45) is 5.41 Å².